The molecule has 1 saturated carbocycles. The maximum absolute atomic E-state index is 9.11. The van der Waals surface area contributed by atoms with Crippen LogP contribution in [0.15, 0.2) is 6.33 Å². The van der Waals surface area contributed by atoms with Crippen LogP contribution < -0.4 is 0 Å². The van der Waals surface area contributed by atoms with Crippen LogP contribution >= 0.6 is 11.6 Å². The molecule has 2 rings (SSSR count). The first-order chi connectivity index (χ1) is 6.19. The van der Waals surface area contributed by atoms with E-state index in [-0.39, 0.29) is 5.41 Å². The molecule has 0 saturated heterocycles. The van der Waals surface area contributed by atoms with Gasteiger partial charge in [0.2, 0.25) is 0 Å². The van der Waals surface area contributed by atoms with Crippen LogP contribution in [-0.2, 0) is 12.5 Å². The largest absolute Gasteiger partial charge is 0.335 e. The van der Waals surface area contributed by atoms with Gasteiger partial charge in [-0.1, -0.05) is 11.6 Å². The number of hydrogen-bond acceptors (Lipinski definition) is 2. The van der Waals surface area contributed by atoms with Gasteiger partial charge in [-0.25, -0.2) is 4.98 Å². The Morgan fingerprint density at radius 3 is 2.69 bits per heavy atom. The second kappa shape index (κ2) is 2.74. The van der Waals surface area contributed by atoms with E-state index in [2.05, 4.69) is 11.1 Å². The maximum atomic E-state index is 9.11. The topological polar surface area (TPSA) is 41.6 Å². The molecule has 1 fully saturated rings. The number of imidazole rings is 1. The van der Waals surface area contributed by atoms with Crippen LogP contribution in [0.5, 0.6) is 0 Å². The van der Waals surface area contributed by atoms with Gasteiger partial charge < -0.3 is 4.57 Å². The van der Waals surface area contributed by atoms with Gasteiger partial charge in [-0.3, -0.25) is 0 Å². The van der Waals surface area contributed by atoms with E-state index in [1.165, 1.54) is 0 Å². The molecule has 0 aromatic carbocycles. The summed E-state index contributed by atoms with van der Waals surface area (Å²) in [5.74, 6) is 0. The van der Waals surface area contributed by atoms with Crippen molar-refractivity contribution in [1.29, 1.82) is 5.26 Å². The Balaban J connectivity index is 2.50. The lowest BCUT2D eigenvalue weighted by Gasteiger charge is -2.35. The molecule has 1 aromatic heterocycles. The van der Waals surface area contributed by atoms with E-state index in [4.69, 9.17) is 16.9 Å². The van der Waals surface area contributed by atoms with Crippen molar-refractivity contribution in [3.63, 3.8) is 0 Å². The Bertz CT molecular complexity index is 351. The van der Waals surface area contributed by atoms with Crippen molar-refractivity contribution in [2.45, 2.75) is 24.7 Å². The minimum atomic E-state index is -0.359. The summed E-state index contributed by atoms with van der Waals surface area (Å²) in [4.78, 5) is 3.99. The van der Waals surface area contributed by atoms with Gasteiger partial charge >= 0.3 is 0 Å². The lowest BCUT2D eigenvalue weighted by atomic mass is 9.68. The van der Waals surface area contributed by atoms with E-state index in [9.17, 15) is 0 Å². The number of aromatic nitrogens is 2. The molecular weight excluding hydrogens is 186 g/mol. The lowest BCUT2D eigenvalue weighted by molar-refractivity contribution is 0.309. The molecule has 1 aliphatic carbocycles. The summed E-state index contributed by atoms with van der Waals surface area (Å²) < 4.78 is 1.85. The molecule has 68 valence electrons. The summed E-state index contributed by atoms with van der Waals surface area (Å²) in [6, 6.07) is 2.35. The lowest BCUT2D eigenvalue weighted by Crippen LogP contribution is -2.34. The van der Waals surface area contributed by atoms with Crippen molar-refractivity contribution in [1.82, 2.24) is 9.55 Å². The minimum absolute atomic E-state index is 0.359. The fourth-order valence-corrected chi connectivity index (χ4v) is 2.23. The molecule has 0 bridgehead atoms. The van der Waals surface area contributed by atoms with Crippen molar-refractivity contribution >= 4 is 11.6 Å². The summed E-state index contributed by atoms with van der Waals surface area (Å²) in [5, 5.41) is 9.58. The standard InChI is InChI=1S/C9H10ClN3/c1-13-6-12-8(10)7(13)9(5-11)3-2-4-9/h6H,2-4H2,1H3. The highest BCUT2D eigenvalue weighted by molar-refractivity contribution is 6.30. The normalized spacial score (nSPS) is 19.2. The third-order valence-electron chi connectivity index (χ3n) is 2.77. The number of nitrogens with zero attached hydrogens (tertiary/aromatic N) is 3. The van der Waals surface area contributed by atoms with Gasteiger partial charge in [-0.15, -0.1) is 0 Å². The van der Waals surface area contributed by atoms with Crippen LogP contribution in [0.1, 0.15) is 25.0 Å². The molecule has 0 atom stereocenters. The second-order valence-electron chi connectivity index (χ2n) is 3.54. The van der Waals surface area contributed by atoms with Gasteiger partial charge in [0.05, 0.1) is 18.1 Å². The summed E-state index contributed by atoms with van der Waals surface area (Å²) >= 11 is 5.94. The predicted molar refractivity (Wildman–Crippen MR) is 49.4 cm³/mol. The van der Waals surface area contributed by atoms with Crippen LogP contribution in [0.2, 0.25) is 5.15 Å². The number of halogens is 1. The average molecular weight is 196 g/mol. The zero-order chi connectivity index (χ0) is 9.47. The van der Waals surface area contributed by atoms with E-state index < -0.39 is 0 Å². The smallest absolute Gasteiger partial charge is 0.151 e. The SMILES string of the molecule is Cn1cnc(Cl)c1C1(C#N)CCC1. The van der Waals surface area contributed by atoms with Gasteiger partial charge in [-0.05, 0) is 19.3 Å². The highest BCUT2D eigenvalue weighted by Gasteiger charge is 2.42. The van der Waals surface area contributed by atoms with E-state index in [1.54, 1.807) is 6.33 Å². The molecule has 0 N–H and O–H groups in total. The molecular formula is C9H10ClN3. The Kier molecular flexibility index (Phi) is 1.81. The molecule has 4 heteroatoms. The fourth-order valence-electron chi connectivity index (χ4n) is 1.87. The van der Waals surface area contributed by atoms with Crippen molar-refractivity contribution < 1.29 is 0 Å². The van der Waals surface area contributed by atoms with Crippen LogP contribution in [0.25, 0.3) is 0 Å². The number of aryl methyl sites for hydroxylation is 1. The quantitative estimate of drug-likeness (QED) is 0.688. The van der Waals surface area contributed by atoms with Gasteiger partial charge in [0.25, 0.3) is 0 Å². The Labute approximate surface area is 81.9 Å². The zero-order valence-corrected chi connectivity index (χ0v) is 8.17. The molecule has 0 radical (unpaired) electrons. The van der Waals surface area contributed by atoms with E-state index >= 15 is 0 Å². The fraction of sp³-hybridized carbons (Fsp3) is 0.556. The van der Waals surface area contributed by atoms with Crippen LogP contribution in [0.4, 0.5) is 0 Å². The van der Waals surface area contributed by atoms with Crippen molar-refractivity contribution in [2.24, 2.45) is 7.05 Å². The monoisotopic (exact) mass is 195 g/mol. The van der Waals surface area contributed by atoms with Gasteiger partial charge in [0, 0.05) is 7.05 Å². The molecule has 1 aromatic rings. The number of nitriles is 1. The average Bonchev–Trinajstić information content (AvgIpc) is 2.35. The van der Waals surface area contributed by atoms with E-state index in [0.717, 1.165) is 25.0 Å². The molecule has 0 spiro atoms. The van der Waals surface area contributed by atoms with E-state index in [1.807, 2.05) is 11.6 Å². The first-order valence-corrected chi connectivity index (χ1v) is 4.66. The Hall–Kier alpha value is -1.01. The first kappa shape index (κ1) is 8.58. The molecule has 3 nitrogen and oxygen atoms in total. The zero-order valence-electron chi connectivity index (χ0n) is 7.42. The maximum Gasteiger partial charge on any atom is 0.151 e. The molecule has 0 unspecified atom stereocenters. The van der Waals surface area contributed by atoms with Crippen LogP contribution in [0.3, 0.4) is 0 Å². The minimum Gasteiger partial charge on any atom is -0.335 e. The number of rotatable bonds is 1. The summed E-state index contributed by atoms with van der Waals surface area (Å²) in [5.41, 5.74) is 0.519. The van der Waals surface area contributed by atoms with Crippen molar-refractivity contribution in [2.75, 3.05) is 0 Å². The summed E-state index contributed by atoms with van der Waals surface area (Å²) in [7, 11) is 1.88. The van der Waals surface area contributed by atoms with Crippen molar-refractivity contribution in [3.05, 3.63) is 17.2 Å². The molecule has 0 amide bonds. The molecule has 1 aliphatic rings. The van der Waals surface area contributed by atoms with Crippen molar-refractivity contribution in [3.8, 4) is 6.07 Å². The Morgan fingerprint density at radius 1 is 1.69 bits per heavy atom. The van der Waals surface area contributed by atoms with Gasteiger partial charge in [0.1, 0.15) is 5.41 Å². The third-order valence-corrected chi connectivity index (χ3v) is 3.04. The van der Waals surface area contributed by atoms with Gasteiger partial charge in [0.15, 0.2) is 5.15 Å². The molecule has 1 heterocycles. The van der Waals surface area contributed by atoms with Gasteiger partial charge in [-0.2, -0.15) is 5.26 Å². The molecule has 0 aliphatic heterocycles. The predicted octanol–water partition coefficient (Wildman–Crippen LogP) is 2.02. The van der Waals surface area contributed by atoms with Crippen LogP contribution in [-0.4, -0.2) is 9.55 Å². The highest BCUT2D eigenvalue weighted by atomic mass is 35.5. The molecule has 13 heavy (non-hydrogen) atoms. The summed E-state index contributed by atoms with van der Waals surface area (Å²) in [6.07, 6.45) is 4.58. The van der Waals surface area contributed by atoms with E-state index in [0.29, 0.717) is 5.15 Å². The van der Waals surface area contributed by atoms with Crippen LogP contribution in [0, 0.1) is 11.3 Å². The third kappa shape index (κ3) is 1.06. The first-order valence-electron chi connectivity index (χ1n) is 4.28. The summed E-state index contributed by atoms with van der Waals surface area (Å²) in [6.45, 7) is 0. The number of hydrogen-bond donors (Lipinski definition) is 0. The highest BCUT2D eigenvalue weighted by Crippen LogP contribution is 2.45. The Morgan fingerprint density at radius 2 is 2.38 bits per heavy atom. The second-order valence-corrected chi connectivity index (χ2v) is 3.90.